The summed E-state index contributed by atoms with van der Waals surface area (Å²) >= 11 is 6.33. The van der Waals surface area contributed by atoms with Crippen molar-refractivity contribution in [2.45, 2.75) is 31.4 Å². The number of nitrogens with one attached hydrogen (secondary N) is 1. The van der Waals surface area contributed by atoms with E-state index in [-0.39, 0.29) is 5.91 Å². The summed E-state index contributed by atoms with van der Waals surface area (Å²) in [4.78, 5) is 13.7. The van der Waals surface area contributed by atoms with Crippen LogP contribution in [0.1, 0.15) is 31.4 Å². The Morgan fingerprint density at radius 3 is 3.00 bits per heavy atom. The number of benzene rings is 1. The van der Waals surface area contributed by atoms with E-state index in [0.29, 0.717) is 17.3 Å². The van der Waals surface area contributed by atoms with Crippen molar-refractivity contribution in [2.75, 3.05) is 23.3 Å². The number of β-amino-alcohol motifs (C(OH)–C–C–N with tert-alkyl or cyclic N) is 1. The van der Waals surface area contributed by atoms with Gasteiger partial charge in [0.1, 0.15) is 6.04 Å². The van der Waals surface area contributed by atoms with E-state index in [9.17, 15) is 9.90 Å². The van der Waals surface area contributed by atoms with E-state index in [1.807, 2.05) is 13.0 Å². The molecule has 0 spiro atoms. The largest absolute Gasteiger partial charge is 0.388 e. The number of nitrogens with two attached hydrogens (primary N) is 1. The van der Waals surface area contributed by atoms with E-state index in [2.05, 4.69) is 10.2 Å². The molecule has 2 aliphatic heterocycles. The smallest absolute Gasteiger partial charge is 0.245 e. The van der Waals surface area contributed by atoms with Gasteiger partial charge < -0.3 is 21.1 Å². The lowest BCUT2D eigenvalue weighted by Gasteiger charge is -2.38. The van der Waals surface area contributed by atoms with Crippen LogP contribution in [0.25, 0.3) is 0 Å². The summed E-state index contributed by atoms with van der Waals surface area (Å²) in [6.07, 6.45) is 1.69. The molecule has 2 unspecified atom stereocenters. The van der Waals surface area contributed by atoms with Crippen LogP contribution >= 0.6 is 11.6 Å². The zero-order chi connectivity index (χ0) is 14.5. The third kappa shape index (κ3) is 2.26. The Morgan fingerprint density at radius 1 is 1.55 bits per heavy atom. The van der Waals surface area contributed by atoms with Crippen LogP contribution in [0.3, 0.4) is 0 Å². The Hall–Kier alpha value is -1.30. The minimum absolute atomic E-state index is 0.209. The molecule has 5 nitrogen and oxygen atoms in total. The zero-order valence-corrected chi connectivity index (χ0v) is 12.1. The van der Waals surface area contributed by atoms with Crippen molar-refractivity contribution in [3.63, 3.8) is 0 Å². The van der Waals surface area contributed by atoms with Crippen molar-refractivity contribution >= 4 is 28.9 Å². The molecular weight excluding hydrogens is 278 g/mol. The first-order valence-corrected chi connectivity index (χ1v) is 7.12. The molecule has 0 saturated carbocycles. The SMILES string of the molecule is CC1(O)CCCN(c2cc3c(cc2Cl)C(N)C(=O)N3)C1. The number of hydrogen-bond acceptors (Lipinski definition) is 4. The molecule has 1 amide bonds. The summed E-state index contributed by atoms with van der Waals surface area (Å²) in [6, 6.07) is 2.95. The summed E-state index contributed by atoms with van der Waals surface area (Å²) in [5.74, 6) is -0.209. The first-order chi connectivity index (χ1) is 9.37. The van der Waals surface area contributed by atoms with Gasteiger partial charge in [-0.25, -0.2) is 0 Å². The molecule has 2 heterocycles. The lowest BCUT2D eigenvalue weighted by atomic mass is 9.94. The van der Waals surface area contributed by atoms with Gasteiger partial charge in [-0.05, 0) is 31.9 Å². The molecule has 1 saturated heterocycles. The Bertz CT molecular complexity index is 574. The highest BCUT2D eigenvalue weighted by atomic mass is 35.5. The number of anilines is 2. The second-order valence-electron chi connectivity index (χ2n) is 5.88. The summed E-state index contributed by atoms with van der Waals surface area (Å²) in [5.41, 5.74) is 7.38. The number of halogens is 1. The minimum atomic E-state index is -0.708. The highest BCUT2D eigenvalue weighted by Gasteiger charge is 2.32. The van der Waals surface area contributed by atoms with Gasteiger partial charge in [0.05, 0.1) is 16.3 Å². The predicted octanol–water partition coefficient (Wildman–Crippen LogP) is 1.64. The van der Waals surface area contributed by atoms with Crippen LogP contribution in [-0.4, -0.2) is 29.7 Å². The fourth-order valence-corrected chi connectivity index (χ4v) is 3.25. The number of fused-ring (bicyclic) bond motifs is 1. The number of carbonyl (C=O) groups is 1. The molecule has 0 radical (unpaired) electrons. The molecule has 1 aromatic rings. The highest BCUT2D eigenvalue weighted by molar-refractivity contribution is 6.33. The molecule has 2 atom stereocenters. The Balaban J connectivity index is 1.96. The maximum absolute atomic E-state index is 11.6. The van der Waals surface area contributed by atoms with Crippen LogP contribution < -0.4 is 16.0 Å². The average molecular weight is 296 g/mol. The van der Waals surface area contributed by atoms with Gasteiger partial charge in [-0.2, -0.15) is 0 Å². The maximum Gasteiger partial charge on any atom is 0.245 e. The second-order valence-corrected chi connectivity index (χ2v) is 6.29. The van der Waals surface area contributed by atoms with Gasteiger partial charge in [0.15, 0.2) is 0 Å². The number of carbonyl (C=O) groups excluding carboxylic acids is 1. The van der Waals surface area contributed by atoms with Crippen LogP contribution in [0, 0.1) is 0 Å². The molecule has 0 aromatic heterocycles. The van der Waals surface area contributed by atoms with E-state index in [1.165, 1.54) is 0 Å². The van der Waals surface area contributed by atoms with Gasteiger partial charge in [0.25, 0.3) is 0 Å². The van der Waals surface area contributed by atoms with E-state index in [4.69, 9.17) is 17.3 Å². The van der Waals surface area contributed by atoms with Crippen molar-refractivity contribution in [1.82, 2.24) is 0 Å². The molecule has 1 aromatic carbocycles. The molecule has 4 N–H and O–H groups in total. The number of hydrogen-bond donors (Lipinski definition) is 3. The molecular formula is C14H18ClN3O2. The summed E-state index contributed by atoms with van der Waals surface area (Å²) in [6.45, 7) is 3.21. The van der Waals surface area contributed by atoms with Crippen LogP contribution in [0.4, 0.5) is 11.4 Å². The Morgan fingerprint density at radius 2 is 2.30 bits per heavy atom. The van der Waals surface area contributed by atoms with E-state index in [1.54, 1.807) is 6.07 Å². The van der Waals surface area contributed by atoms with Crippen molar-refractivity contribution in [3.05, 3.63) is 22.7 Å². The van der Waals surface area contributed by atoms with Gasteiger partial charge in [0.2, 0.25) is 5.91 Å². The van der Waals surface area contributed by atoms with Crippen molar-refractivity contribution in [2.24, 2.45) is 5.73 Å². The second kappa shape index (κ2) is 4.62. The van der Waals surface area contributed by atoms with Gasteiger partial charge in [0, 0.05) is 24.3 Å². The molecule has 6 heteroatoms. The molecule has 1 fully saturated rings. The summed E-state index contributed by atoms with van der Waals surface area (Å²) < 4.78 is 0. The monoisotopic (exact) mass is 295 g/mol. The molecule has 3 rings (SSSR count). The van der Waals surface area contributed by atoms with Gasteiger partial charge >= 0.3 is 0 Å². The van der Waals surface area contributed by atoms with Gasteiger partial charge in [-0.3, -0.25) is 4.79 Å². The van der Waals surface area contributed by atoms with E-state index in [0.717, 1.165) is 30.6 Å². The van der Waals surface area contributed by atoms with Gasteiger partial charge in [-0.1, -0.05) is 11.6 Å². The lowest BCUT2D eigenvalue weighted by molar-refractivity contribution is -0.116. The van der Waals surface area contributed by atoms with Crippen LogP contribution in [0.2, 0.25) is 5.02 Å². The van der Waals surface area contributed by atoms with Gasteiger partial charge in [-0.15, -0.1) is 0 Å². The van der Waals surface area contributed by atoms with Crippen molar-refractivity contribution in [1.29, 1.82) is 0 Å². The topological polar surface area (TPSA) is 78.6 Å². The third-order valence-electron chi connectivity index (χ3n) is 4.01. The Kier molecular flexibility index (Phi) is 3.16. The van der Waals surface area contributed by atoms with E-state index >= 15 is 0 Å². The molecule has 0 bridgehead atoms. The molecule has 0 aliphatic carbocycles. The Labute approximate surface area is 122 Å². The zero-order valence-electron chi connectivity index (χ0n) is 11.3. The van der Waals surface area contributed by atoms with Crippen molar-refractivity contribution < 1.29 is 9.90 Å². The maximum atomic E-state index is 11.6. The number of amides is 1. The standard InChI is InChI=1S/C14H18ClN3O2/c1-14(20)3-2-4-18(7-14)11-6-10-8(5-9(11)15)12(16)13(19)17-10/h5-6,12,20H,2-4,7,16H2,1H3,(H,17,19). The van der Waals surface area contributed by atoms with Crippen LogP contribution in [-0.2, 0) is 4.79 Å². The first-order valence-electron chi connectivity index (χ1n) is 6.75. The lowest BCUT2D eigenvalue weighted by Crippen LogP contribution is -2.46. The molecule has 108 valence electrons. The van der Waals surface area contributed by atoms with Crippen LogP contribution in [0.15, 0.2) is 12.1 Å². The number of aliphatic hydroxyl groups is 1. The number of rotatable bonds is 1. The third-order valence-corrected chi connectivity index (χ3v) is 4.31. The molecule has 20 heavy (non-hydrogen) atoms. The predicted molar refractivity (Wildman–Crippen MR) is 79.1 cm³/mol. The fraction of sp³-hybridized carbons (Fsp3) is 0.500. The van der Waals surface area contributed by atoms with Crippen molar-refractivity contribution in [3.8, 4) is 0 Å². The van der Waals surface area contributed by atoms with Crippen LogP contribution in [0.5, 0.6) is 0 Å². The quantitative estimate of drug-likeness (QED) is 0.736. The summed E-state index contributed by atoms with van der Waals surface area (Å²) in [5, 5.41) is 13.5. The first kappa shape index (κ1) is 13.7. The summed E-state index contributed by atoms with van der Waals surface area (Å²) in [7, 11) is 0. The number of piperidine rings is 1. The minimum Gasteiger partial charge on any atom is -0.388 e. The number of nitrogens with zero attached hydrogens (tertiary/aromatic N) is 1. The molecule has 2 aliphatic rings. The fourth-order valence-electron chi connectivity index (χ4n) is 2.96. The highest BCUT2D eigenvalue weighted by Crippen LogP contribution is 2.39. The van der Waals surface area contributed by atoms with E-state index < -0.39 is 11.6 Å². The average Bonchev–Trinajstić information content (AvgIpc) is 2.63. The normalized spacial score (nSPS) is 29.3.